The van der Waals surface area contributed by atoms with Crippen LogP contribution in [0.5, 0.6) is 0 Å². The van der Waals surface area contributed by atoms with E-state index in [1.165, 1.54) is 12.8 Å². The van der Waals surface area contributed by atoms with E-state index in [4.69, 9.17) is 0 Å². The maximum atomic E-state index is 12.0. The molecule has 2 unspecified atom stereocenters. The van der Waals surface area contributed by atoms with Gasteiger partial charge in [-0.15, -0.1) is 0 Å². The van der Waals surface area contributed by atoms with E-state index in [1.807, 2.05) is 6.92 Å². The molecule has 0 aromatic heterocycles. The smallest absolute Gasteiger partial charge is 0.237 e. The van der Waals surface area contributed by atoms with E-state index in [9.17, 15) is 4.79 Å². The van der Waals surface area contributed by atoms with E-state index in [2.05, 4.69) is 36.4 Å². The first-order valence-corrected chi connectivity index (χ1v) is 7.26. The molecule has 1 amide bonds. The normalized spacial score (nSPS) is 20.7. The van der Waals surface area contributed by atoms with E-state index in [1.54, 1.807) is 0 Å². The Balaban J connectivity index is 2.34. The van der Waals surface area contributed by atoms with E-state index in [-0.39, 0.29) is 18.0 Å². The van der Waals surface area contributed by atoms with Crippen molar-refractivity contribution in [2.45, 2.75) is 52.1 Å². The maximum Gasteiger partial charge on any atom is 0.237 e. The summed E-state index contributed by atoms with van der Waals surface area (Å²) in [5, 5.41) is 6.43. The Morgan fingerprint density at radius 3 is 2.56 bits per heavy atom. The number of nitrogens with zero attached hydrogens (tertiary/aromatic N) is 1. The van der Waals surface area contributed by atoms with Crippen molar-refractivity contribution in [3.05, 3.63) is 0 Å². The number of carbonyl (C=O) groups excluding carboxylic acids is 1. The molecule has 1 aliphatic rings. The third kappa shape index (κ3) is 4.94. The fourth-order valence-corrected chi connectivity index (χ4v) is 2.30. The summed E-state index contributed by atoms with van der Waals surface area (Å²) in [4.78, 5) is 14.2. The van der Waals surface area contributed by atoms with Gasteiger partial charge in [0.2, 0.25) is 5.91 Å². The van der Waals surface area contributed by atoms with Gasteiger partial charge in [0, 0.05) is 12.6 Å². The topological polar surface area (TPSA) is 44.4 Å². The molecular weight excluding hydrogens is 226 g/mol. The molecule has 1 heterocycles. The lowest BCUT2D eigenvalue weighted by Gasteiger charge is -2.31. The van der Waals surface area contributed by atoms with Crippen molar-refractivity contribution in [1.29, 1.82) is 0 Å². The van der Waals surface area contributed by atoms with Crippen LogP contribution in [0.3, 0.4) is 0 Å². The Bertz CT molecular complexity index is 251. The highest BCUT2D eigenvalue weighted by Gasteiger charge is 2.22. The highest BCUT2D eigenvalue weighted by atomic mass is 16.2. The van der Waals surface area contributed by atoms with Crippen molar-refractivity contribution in [2.24, 2.45) is 5.92 Å². The number of carbonyl (C=O) groups is 1. The van der Waals surface area contributed by atoms with Crippen LogP contribution in [-0.2, 0) is 4.79 Å². The second-order valence-electron chi connectivity index (χ2n) is 5.63. The number of hydrogen-bond donors (Lipinski definition) is 2. The molecule has 0 aliphatic carbocycles. The van der Waals surface area contributed by atoms with Gasteiger partial charge in [-0.05, 0) is 59.2 Å². The highest BCUT2D eigenvalue weighted by Crippen LogP contribution is 2.14. The van der Waals surface area contributed by atoms with Gasteiger partial charge < -0.3 is 10.6 Å². The minimum absolute atomic E-state index is 0.0334. The summed E-state index contributed by atoms with van der Waals surface area (Å²) in [6.07, 6.45) is 3.44. The largest absolute Gasteiger partial charge is 0.352 e. The average molecular weight is 255 g/mol. The Labute approximate surface area is 111 Å². The van der Waals surface area contributed by atoms with Crippen molar-refractivity contribution in [3.8, 4) is 0 Å². The van der Waals surface area contributed by atoms with Gasteiger partial charge in [0.05, 0.1) is 6.04 Å². The number of piperidine rings is 1. The fraction of sp³-hybridized carbons (Fsp3) is 0.929. The highest BCUT2D eigenvalue weighted by molar-refractivity contribution is 5.81. The van der Waals surface area contributed by atoms with Crippen molar-refractivity contribution >= 4 is 5.91 Å². The van der Waals surface area contributed by atoms with Crippen LogP contribution < -0.4 is 10.6 Å². The van der Waals surface area contributed by atoms with Crippen LogP contribution in [0.1, 0.15) is 40.0 Å². The summed E-state index contributed by atoms with van der Waals surface area (Å²) < 4.78 is 0. The van der Waals surface area contributed by atoms with Gasteiger partial charge in [-0.1, -0.05) is 6.92 Å². The van der Waals surface area contributed by atoms with Crippen LogP contribution in [0.2, 0.25) is 0 Å². The summed E-state index contributed by atoms with van der Waals surface area (Å²) in [7, 11) is 2.06. The lowest BCUT2D eigenvalue weighted by molar-refractivity contribution is -0.126. The summed E-state index contributed by atoms with van der Waals surface area (Å²) in [6.45, 7) is 9.40. The van der Waals surface area contributed by atoms with Gasteiger partial charge in [-0.3, -0.25) is 9.69 Å². The third-order valence-corrected chi connectivity index (χ3v) is 4.05. The predicted octanol–water partition coefficient (Wildman–Crippen LogP) is 1.22. The van der Waals surface area contributed by atoms with Crippen molar-refractivity contribution in [3.63, 3.8) is 0 Å². The standard InChI is InChI=1S/C14H29N3O/c1-5-11(2)16-14(18)12(3)17(4)10-13-6-8-15-9-7-13/h11-13,15H,5-10H2,1-4H3,(H,16,18). The quantitative estimate of drug-likeness (QED) is 0.750. The van der Waals surface area contributed by atoms with E-state index >= 15 is 0 Å². The molecule has 106 valence electrons. The van der Waals surface area contributed by atoms with Crippen LogP contribution in [0, 0.1) is 5.92 Å². The first-order valence-electron chi connectivity index (χ1n) is 7.26. The van der Waals surface area contributed by atoms with Crippen LogP contribution in [-0.4, -0.2) is 49.6 Å². The number of likely N-dealkylation sites (N-methyl/N-ethyl adjacent to an activating group) is 1. The minimum atomic E-state index is -0.0334. The van der Waals surface area contributed by atoms with Gasteiger partial charge in [0.25, 0.3) is 0 Å². The molecule has 1 fully saturated rings. The van der Waals surface area contributed by atoms with Gasteiger partial charge >= 0.3 is 0 Å². The van der Waals surface area contributed by atoms with Crippen LogP contribution in [0.25, 0.3) is 0 Å². The molecule has 1 saturated heterocycles. The molecule has 4 heteroatoms. The average Bonchev–Trinajstić information content (AvgIpc) is 2.38. The molecule has 0 bridgehead atoms. The van der Waals surface area contributed by atoms with Gasteiger partial charge in [0.1, 0.15) is 0 Å². The Kier molecular flexibility index (Phi) is 6.65. The van der Waals surface area contributed by atoms with Crippen LogP contribution >= 0.6 is 0 Å². The number of rotatable bonds is 6. The first-order chi connectivity index (χ1) is 8.54. The van der Waals surface area contributed by atoms with E-state index in [0.717, 1.165) is 32.0 Å². The molecule has 0 radical (unpaired) electrons. The van der Waals surface area contributed by atoms with Gasteiger partial charge in [0.15, 0.2) is 0 Å². The fourth-order valence-electron chi connectivity index (χ4n) is 2.30. The van der Waals surface area contributed by atoms with Crippen LogP contribution in [0.15, 0.2) is 0 Å². The third-order valence-electron chi connectivity index (χ3n) is 4.05. The molecule has 1 rings (SSSR count). The maximum absolute atomic E-state index is 12.0. The summed E-state index contributed by atoms with van der Waals surface area (Å²) in [5.41, 5.74) is 0. The molecule has 1 aliphatic heterocycles. The second-order valence-corrected chi connectivity index (χ2v) is 5.63. The van der Waals surface area contributed by atoms with Crippen molar-refractivity contribution < 1.29 is 4.79 Å². The number of amides is 1. The summed E-state index contributed by atoms with van der Waals surface area (Å²) in [6, 6.07) is 0.237. The Morgan fingerprint density at radius 2 is 2.00 bits per heavy atom. The van der Waals surface area contributed by atoms with E-state index in [0.29, 0.717) is 0 Å². The first kappa shape index (κ1) is 15.4. The molecule has 0 saturated carbocycles. The van der Waals surface area contributed by atoms with Crippen molar-refractivity contribution in [2.75, 3.05) is 26.7 Å². The molecule has 18 heavy (non-hydrogen) atoms. The van der Waals surface area contributed by atoms with Crippen LogP contribution in [0.4, 0.5) is 0 Å². The molecule has 2 N–H and O–H groups in total. The monoisotopic (exact) mass is 255 g/mol. The number of hydrogen-bond acceptors (Lipinski definition) is 3. The Morgan fingerprint density at radius 1 is 1.39 bits per heavy atom. The SMILES string of the molecule is CCC(C)NC(=O)C(C)N(C)CC1CCNCC1. The molecule has 4 nitrogen and oxygen atoms in total. The summed E-state index contributed by atoms with van der Waals surface area (Å²) >= 11 is 0. The zero-order valence-electron chi connectivity index (χ0n) is 12.3. The molecule has 0 aromatic rings. The summed E-state index contributed by atoms with van der Waals surface area (Å²) in [5.74, 6) is 0.885. The van der Waals surface area contributed by atoms with Crippen molar-refractivity contribution in [1.82, 2.24) is 15.5 Å². The van der Waals surface area contributed by atoms with Gasteiger partial charge in [-0.2, -0.15) is 0 Å². The van der Waals surface area contributed by atoms with Gasteiger partial charge in [-0.25, -0.2) is 0 Å². The zero-order valence-corrected chi connectivity index (χ0v) is 12.3. The zero-order chi connectivity index (χ0) is 13.5. The molecule has 0 spiro atoms. The molecule has 2 atom stereocenters. The molecular formula is C14H29N3O. The van der Waals surface area contributed by atoms with E-state index < -0.39 is 0 Å². The molecule has 0 aromatic carbocycles. The lowest BCUT2D eigenvalue weighted by Crippen LogP contribution is -2.48. The predicted molar refractivity (Wildman–Crippen MR) is 75.6 cm³/mol. The minimum Gasteiger partial charge on any atom is -0.352 e. The number of nitrogens with one attached hydrogen (secondary N) is 2. The Hall–Kier alpha value is -0.610. The second kappa shape index (κ2) is 7.74. The lowest BCUT2D eigenvalue weighted by atomic mass is 9.97.